The maximum Gasteiger partial charge on any atom is 0.261 e. The summed E-state index contributed by atoms with van der Waals surface area (Å²) < 4.78 is 6.86. The summed E-state index contributed by atoms with van der Waals surface area (Å²) in [5, 5.41) is 2.97. The molecular weight excluding hydrogens is 456 g/mol. The summed E-state index contributed by atoms with van der Waals surface area (Å²) in [4.78, 5) is 27.6. The molecule has 2 aromatic carbocycles. The third-order valence-electron chi connectivity index (χ3n) is 5.05. The molecule has 1 N–H and O–H groups in total. The summed E-state index contributed by atoms with van der Waals surface area (Å²) in [5.74, 6) is 0.264. The molecule has 31 heavy (non-hydrogen) atoms. The second-order valence-electron chi connectivity index (χ2n) is 9.06. The Bertz CT molecular complexity index is 933. The van der Waals surface area contributed by atoms with Gasteiger partial charge >= 0.3 is 0 Å². The zero-order chi connectivity index (χ0) is 23.3. The first-order valence-corrected chi connectivity index (χ1v) is 11.2. The van der Waals surface area contributed by atoms with Crippen molar-refractivity contribution in [3.05, 3.63) is 63.1 Å². The fourth-order valence-electron chi connectivity index (χ4n) is 3.22. The third-order valence-corrected chi connectivity index (χ3v) is 5.58. The average Bonchev–Trinajstić information content (AvgIpc) is 2.67. The minimum Gasteiger partial charge on any atom is -0.483 e. The van der Waals surface area contributed by atoms with Crippen molar-refractivity contribution in [2.45, 2.75) is 66.6 Å². The maximum atomic E-state index is 13.2. The van der Waals surface area contributed by atoms with Crippen molar-refractivity contribution in [3.8, 4) is 5.75 Å². The molecule has 2 rings (SSSR count). The predicted molar refractivity (Wildman–Crippen MR) is 128 cm³/mol. The molecule has 0 aromatic heterocycles. The van der Waals surface area contributed by atoms with Crippen molar-refractivity contribution in [2.75, 3.05) is 6.61 Å². The molecule has 0 heterocycles. The monoisotopic (exact) mass is 488 g/mol. The van der Waals surface area contributed by atoms with Crippen LogP contribution in [0, 0.1) is 20.8 Å². The van der Waals surface area contributed by atoms with E-state index >= 15 is 0 Å². The number of carbonyl (C=O) groups is 2. The molecule has 0 aliphatic rings. The van der Waals surface area contributed by atoms with E-state index in [2.05, 4.69) is 27.3 Å². The van der Waals surface area contributed by atoms with Gasteiger partial charge in [-0.2, -0.15) is 0 Å². The van der Waals surface area contributed by atoms with Crippen molar-refractivity contribution in [2.24, 2.45) is 0 Å². The van der Waals surface area contributed by atoms with Crippen molar-refractivity contribution >= 4 is 27.7 Å². The van der Waals surface area contributed by atoms with Gasteiger partial charge in [-0.05, 0) is 88.9 Å². The largest absolute Gasteiger partial charge is 0.483 e. The highest BCUT2D eigenvalue weighted by atomic mass is 79.9. The molecule has 0 saturated heterocycles. The van der Waals surface area contributed by atoms with Gasteiger partial charge in [0.05, 0.1) is 0 Å². The van der Waals surface area contributed by atoms with Crippen LogP contribution < -0.4 is 10.1 Å². The summed E-state index contributed by atoms with van der Waals surface area (Å²) in [6.07, 6.45) is 0. The van der Waals surface area contributed by atoms with Crippen molar-refractivity contribution in [3.63, 3.8) is 0 Å². The molecule has 0 aliphatic heterocycles. The Morgan fingerprint density at radius 1 is 1.10 bits per heavy atom. The van der Waals surface area contributed by atoms with Crippen LogP contribution in [0.3, 0.4) is 0 Å². The number of hydrogen-bond acceptors (Lipinski definition) is 3. The fraction of sp³-hybridized carbons (Fsp3) is 0.440. The van der Waals surface area contributed by atoms with Crippen LogP contribution in [0.4, 0.5) is 0 Å². The van der Waals surface area contributed by atoms with Crippen LogP contribution in [-0.4, -0.2) is 34.9 Å². The van der Waals surface area contributed by atoms with Gasteiger partial charge in [-0.15, -0.1) is 0 Å². The van der Waals surface area contributed by atoms with Gasteiger partial charge in [0.25, 0.3) is 5.91 Å². The minimum atomic E-state index is -0.640. The van der Waals surface area contributed by atoms with Crippen LogP contribution in [0.5, 0.6) is 5.75 Å². The van der Waals surface area contributed by atoms with Gasteiger partial charge in [0.1, 0.15) is 11.8 Å². The number of rotatable bonds is 7. The van der Waals surface area contributed by atoms with Crippen molar-refractivity contribution in [1.82, 2.24) is 10.2 Å². The standard InChI is InChI=1S/C25H33BrN2O3/c1-16-12-17(2)18(3)22(13-16)31-15-23(29)28(14-20-8-10-21(26)11-9-20)19(4)24(30)27-25(5,6)7/h8-13,19H,14-15H2,1-7H3,(H,27,30)/t19-/m0/s1. The normalized spacial score (nSPS) is 12.3. The number of hydrogen-bond donors (Lipinski definition) is 1. The first kappa shape index (κ1) is 24.9. The molecule has 5 nitrogen and oxygen atoms in total. The first-order valence-electron chi connectivity index (χ1n) is 10.4. The van der Waals surface area contributed by atoms with Crippen molar-refractivity contribution in [1.29, 1.82) is 0 Å². The Hall–Kier alpha value is -2.34. The zero-order valence-electron chi connectivity index (χ0n) is 19.5. The van der Waals surface area contributed by atoms with E-state index in [1.807, 2.05) is 71.9 Å². The first-order chi connectivity index (χ1) is 14.4. The van der Waals surface area contributed by atoms with Gasteiger partial charge in [0.15, 0.2) is 6.61 Å². The lowest BCUT2D eigenvalue weighted by Gasteiger charge is -2.31. The van der Waals surface area contributed by atoms with Gasteiger partial charge in [-0.3, -0.25) is 9.59 Å². The van der Waals surface area contributed by atoms with Crippen LogP contribution in [0.1, 0.15) is 49.9 Å². The van der Waals surface area contributed by atoms with E-state index in [9.17, 15) is 9.59 Å². The number of aryl methyl sites for hydroxylation is 2. The number of halogens is 1. The molecular formula is C25H33BrN2O3. The molecule has 0 spiro atoms. The highest BCUT2D eigenvalue weighted by Gasteiger charge is 2.28. The number of nitrogens with one attached hydrogen (secondary N) is 1. The molecule has 0 unspecified atom stereocenters. The second-order valence-corrected chi connectivity index (χ2v) is 9.97. The summed E-state index contributed by atoms with van der Waals surface area (Å²) in [7, 11) is 0. The molecule has 6 heteroatoms. The highest BCUT2D eigenvalue weighted by Crippen LogP contribution is 2.23. The fourth-order valence-corrected chi connectivity index (χ4v) is 3.48. The van der Waals surface area contributed by atoms with E-state index in [1.165, 1.54) is 0 Å². The molecule has 168 valence electrons. The molecule has 2 amide bonds. The average molecular weight is 489 g/mol. The lowest BCUT2D eigenvalue weighted by atomic mass is 10.1. The Kier molecular flexibility index (Phi) is 8.29. The molecule has 0 saturated carbocycles. The van der Waals surface area contributed by atoms with E-state index in [-0.39, 0.29) is 24.0 Å². The third kappa shape index (κ3) is 7.39. The van der Waals surface area contributed by atoms with Crippen LogP contribution in [0.25, 0.3) is 0 Å². The van der Waals surface area contributed by atoms with E-state index in [4.69, 9.17) is 4.74 Å². The van der Waals surface area contributed by atoms with Crippen molar-refractivity contribution < 1.29 is 14.3 Å². The minimum absolute atomic E-state index is 0.132. The smallest absolute Gasteiger partial charge is 0.261 e. The number of amides is 2. The lowest BCUT2D eigenvalue weighted by Crippen LogP contribution is -2.53. The lowest BCUT2D eigenvalue weighted by molar-refractivity contribution is -0.142. The molecule has 0 bridgehead atoms. The van der Waals surface area contributed by atoms with Crippen LogP contribution in [0.15, 0.2) is 40.9 Å². The van der Waals surface area contributed by atoms with Gasteiger partial charge in [0, 0.05) is 16.6 Å². The quantitative estimate of drug-likeness (QED) is 0.590. The van der Waals surface area contributed by atoms with Crippen LogP contribution in [-0.2, 0) is 16.1 Å². The van der Waals surface area contributed by atoms with Gasteiger partial charge < -0.3 is 15.0 Å². The van der Waals surface area contributed by atoms with Crippen LogP contribution in [0.2, 0.25) is 0 Å². The van der Waals surface area contributed by atoms with E-state index < -0.39 is 6.04 Å². The van der Waals surface area contributed by atoms with Gasteiger partial charge in [-0.1, -0.05) is 34.1 Å². The highest BCUT2D eigenvalue weighted by molar-refractivity contribution is 9.10. The molecule has 0 aliphatic carbocycles. The topological polar surface area (TPSA) is 58.6 Å². The van der Waals surface area contributed by atoms with E-state index in [1.54, 1.807) is 11.8 Å². The Balaban J connectivity index is 2.22. The van der Waals surface area contributed by atoms with Gasteiger partial charge in [0.2, 0.25) is 5.91 Å². The SMILES string of the molecule is Cc1cc(C)c(C)c(OCC(=O)N(Cc2ccc(Br)cc2)[C@@H](C)C(=O)NC(C)(C)C)c1. The van der Waals surface area contributed by atoms with E-state index in [0.29, 0.717) is 12.3 Å². The molecule has 2 aromatic rings. The molecule has 0 radical (unpaired) electrons. The predicted octanol–water partition coefficient (Wildman–Crippen LogP) is 5.09. The van der Waals surface area contributed by atoms with Crippen LogP contribution >= 0.6 is 15.9 Å². The number of benzene rings is 2. The Morgan fingerprint density at radius 3 is 2.29 bits per heavy atom. The zero-order valence-corrected chi connectivity index (χ0v) is 21.1. The Labute approximate surface area is 194 Å². The van der Waals surface area contributed by atoms with Gasteiger partial charge in [-0.25, -0.2) is 0 Å². The number of ether oxygens (including phenoxy) is 1. The maximum absolute atomic E-state index is 13.2. The van der Waals surface area contributed by atoms with E-state index in [0.717, 1.165) is 26.7 Å². The number of nitrogens with zero attached hydrogens (tertiary/aromatic N) is 1. The summed E-state index contributed by atoms with van der Waals surface area (Å²) in [5.41, 5.74) is 3.76. The molecule has 0 fully saturated rings. The summed E-state index contributed by atoms with van der Waals surface area (Å²) >= 11 is 3.43. The Morgan fingerprint density at radius 2 is 1.71 bits per heavy atom. The summed E-state index contributed by atoms with van der Waals surface area (Å²) in [6, 6.07) is 11.1. The second kappa shape index (κ2) is 10.3. The molecule has 1 atom stereocenters. The summed E-state index contributed by atoms with van der Waals surface area (Å²) in [6.45, 7) is 13.7. The number of carbonyl (C=O) groups excluding carboxylic acids is 2.